The van der Waals surface area contributed by atoms with Crippen molar-refractivity contribution in [1.82, 2.24) is 0 Å². The summed E-state index contributed by atoms with van der Waals surface area (Å²) in [6, 6.07) is 0. The monoisotopic (exact) mass is 395 g/mol. The first-order valence-electron chi connectivity index (χ1n) is 7.80. The molecule has 0 amide bonds. The summed E-state index contributed by atoms with van der Waals surface area (Å²) >= 11 is 0. The Morgan fingerprint density at radius 3 is 1.36 bits per heavy atom. The summed E-state index contributed by atoms with van der Waals surface area (Å²) in [6.07, 6.45) is 15.3. The molecule has 0 aromatic rings. The zero-order chi connectivity index (χ0) is 16.5. The predicted octanol–water partition coefficient (Wildman–Crippen LogP) is 5.46. The molecule has 1 aliphatic carbocycles. The summed E-state index contributed by atoms with van der Waals surface area (Å²) in [4.78, 5) is 11.5. The molecule has 0 atom stereocenters. The van der Waals surface area contributed by atoms with E-state index in [0.717, 1.165) is 0 Å². The molecule has 0 aromatic carbocycles. The van der Waals surface area contributed by atoms with Gasteiger partial charge in [0.05, 0.1) is 0 Å². The van der Waals surface area contributed by atoms with Crippen LogP contribution in [0, 0.1) is 36.5 Å². The van der Waals surface area contributed by atoms with Crippen molar-refractivity contribution >= 4 is 5.78 Å². The molecule has 0 aromatic heterocycles. The van der Waals surface area contributed by atoms with Gasteiger partial charge in [0.25, 0.3) is 0 Å². The molecule has 22 heavy (non-hydrogen) atoms. The molecule has 5 radical (unpaired) electrons. The molecule has 2 nitrogen and oxygen atoms in total. The predicted molar refractivity (Wildman–Crippen MR) is 90.3 cm³/mol. The van der Waals surface area contributed by atoms with Crippen LogP contribution in [0.3, 0.4) is 0 Å². The summed E-state index contributed by atoms with van der Waals surface area (Å²) in [6.45, 7) is 11.1. The Bertz CT molecular complexity index is 308. The molecule has 0 aliphatic heterocycles. The van der Waals surface area contributed by atoms with Crippen LogP contribution in [-0.2, 0) is 24.3 Å². The summed E-state index contributed by atoms with van der Waals surface area (Å²) in [5.41, 5.74) is -0.764. The van der Waals surface area contributed by atoms with Crippen LogP contribution >= 0.6 is 0 Å². The zero-order valence-corrected chi connectivity index (χ0v) is 16.5. The standard InChI is InChI=1S/C11H20O2.C8H12.Rh/c1-10(2,3)8(12)7-9(13)11(4,5)6;1-2-4-6-8-7-5-3-1;/h7,12H,1-6H3;1-2,7-8H,3-6H2;/b8-7-;;. The molecule has 1 saturated carbocycles. The maximum atomic E-state index is 11.5. The summed E-state index contributed by atoms with van der Waals surface area (Å²) < 4.78 is 0. The van der Waals surface area contributed by atoms with Gasteiger partial charge in [0.1, 0.15) is 5.76 Å². The maximum absolute atomic E-state index is 11.5. The number of rotatable bonds is 1. The largest absolute Gasteiger partial charge is 0.512 e. The number of ketones is 1. The van der Waals surface area contributed by atoms with Gasteiger partial charge in [0.2, 0.25) is 0 Å². The van der Waals surface area contributed by atoms with Crippen molar-refractivity contribution in [3.05, 3.63) is 37.5 Å². The molecular weight excluding hydrogens is 363 g/mol. The number of allylic oxidation sites excluding steroid dienone is 2. The third-order valence-electron chi connectivity index (χ3n) is 3.11. The van der Waals surface area contributed by atoms with Crippen molar-refractivity contribution < 1.29 is 29.4 Å². The van der Waals surface area contributed by atoms with E-state index in [-0.39, 0.29) is 36.4 Å². The van der Waals surface area contributed by atoms with Crippen LogP contribution < -0.4 is 0 Å². The van der Waals surface area contributed by atoms with E-state index in [2.05, 4.69) is 25.7 Å². The summed E-state index contributed by atoms with van der Waals surface area (Å²) in [7, 11) is 0. The van der Waals surface area contributed by atoms with Gasteiger partial charge in [-0.1, -0.05) is 41.5 Å². The number of hydrogen-bond donors (Lipinski definition) is 1. The first-order chi connectivity index (χ1) is 9.55. The fourth-order valence-corrected chi connectivity index (χ4v) is 1.41. The zero-order valence-electron chi connectivity index (χ0n) is 14.9. The van der Waals surface area contributed by atoms with Gasteiger partial charge in [-0.2, -0.15) is 0 Å². The number of carbonyl (C=O) groups excluding carboxylic acids is 1. The Kier molecular flexibility index (Phi) is 12.5. The summed E-state index contributed by atoms with van der Waals surface area (Å²) in [5, 5.41) is 9.56. The van der Waals surface area contributed by atoms with Crippen molar-refractivity contribution in [2.45, 2.75) is 67.2 Å². The number of hydrogen-bond acceptors (Lipinski definition) is 2. The molecular formula is C19H32O2Rh. The number of carbonyl (C=O) groups is 1. The Labute approximate surface area is 150 Å². The molecule has 0 unspecified atom stereocenters. The van der Waals surface area contributed by atoms with Crippen LogP contribution in [0.25, 0.3) is 0 Å². The van der Waals surface area contributed by atoms with E-state index < -0.39 is 5.41 Å². The molecule has 0 bridgehead atoms. The fraction of sp³-hybridized carbons (Fsp3) is 0.632. The topological polar surface area (TPSA) is 37.3 Å². The SMILES string of the molecule is CC(C)(C)C(=O)/C=C(\O)C(C)(C)C.[CH]1[CH]CC[CH][CH]CC1.[Rh]. The third-order valence-corrected chi connectivity index (χ3v) is 3.11. The molecule has 1 N–H and O–H groups in total. The van der Waals surface area contributed by atoms with Crippen LogP contribution in [0.1, 0.15) is 67.2 Å². The second kappa shape index (κ2) is 11.4. The van der Waals surface area contributed by atoms with Gasteiger partial charge in [0.15, 0.2) is 5.78 Å². The van der Waals surface area contributed by atoms with E-state index in [9.17, 15) is 9.90 Å². The van der Waals surface area contributed by atoms with Crippen molar-refractivity contribution in [3.8, 4) is 0 Å². The van der Waals surface area contributed by atoms with Gasteiger partial charge in [-0.05, 0) is 51.4 Å². The van der Waals surface area contributed by atoms with Crippen molar-refractivity contribution in [2.75, 3.05) is 0 Å². The second-order valence-electron chi connectivity index (χ2n) is 7.49. The van der Waals surface area contributed by atoms with Crippen molar-refractivity contribution in [3.63, 3.8) is 0 Å². The number of aliphatic hydroxyl groups is 1. The smallest absolute Gasteiger partial charge is 0.164 e. The Hall–Kier alpha value is -0.167. The van der Waals surface area contributed by atoms with Gasteiger partial charge in [-0.15, -0.1) is 0 Å². The molecule has 1 rings (SSSR count). The van der Waals surface area contributed by atoms with Gasteiger partial charge in [-0.3, -0.25) is 4.79 Å². The average molecular weight is 395 g/mol. The second-order valence-corrected chi connectivity index (χ2v) is 7.49. The Balaban J connectivity index is 0. The molecule has 0 saturated heterocycles. The van der Waals surface area contributed by atoms with Gasteiger partial charge in [0, 0.05) is 36.4 Å². The first kappa shape index (κ1) is 24.1. The Morgan fingerprint density at radius 2 is 1.14 bits per heavy atom. The minimum atomic E-state index is -0.417. The van der Waals surface area contributed by atoms with Crippen LogP contribution in [0.15, 0.2) is 11.8 Å². The number of aliphatic hydroxyl groups excluding tert-OH is 1. The molecule has 1 aliphatic rings. The van der Waals surface area contributed by atoms with E-state index in [0.29, 0.717) is 0 Å². The molecule has 1 fully saturated rings. The van der Waals surface area contributed by atoms with Crippen molar-refractivity contribution in [2.24, 2.45) is 10.8 Å². The fourth-order valence-electron chi connectivity index (χ4n) is 1.41. The minimum absolute atomic E-state index is 0. The maximum Gasteiger partial charge on any atom is 0.164 e. The van der Waals surface area contributed by atoms with E-state index in [1.54, 1.807) is 0 Å². The normalized spacial score (nSPS) is 17.3. The minimum Gasteiger partial charge on any atom is -0.512 e. The van der Waals surface area contributed by atoms with Gasteiger partial charge in [-0.25, -0.2) is 0 Å². The van der Waals surface area contributed by atoms with Gasteiger partial charge < -0.3 is 5.11 Å². The van der Waals surface area contributed by atoms with Crippen LogP contribution in [-0.4, -0.2) is 10.9 Å². The molecule has 0 spiro atoms. The van der Waals surface area contributed by atoms with E-state index in [4.69, 9.17) is 0 Å². The first-order valence-corrected chi connectivity index (χ1v) is 7.80. The van der Waals surface area contributed by atoms with Gasteiger partial charge >= 0.3 is 0 Å². The van der Waals surface area contributed by atoms with Crippen LogP contribution in [0.4, 0.5) is 0 Å². The quantitative estimate of drug-likeness (QED) is 0.363. The van der Waals surface area contributed by atoms with E-state index in [1.165, 1.54) is 31.8 Å². The average Bonchev–Trinajstić information content (AvgIpc) is 2.25. The molecule has 3 heteroatoms. The molecule has 129 valence electrons. The van der Waals surface area contributed by atoms with Crippen LogP contribution in [0.5, 0.6) is 0 Å². The van der Waals surface area contributed by atoms with Crippen LogP contribution in [0.2, 0.25) is 0 Å². The Morgan fingerprint density at radius 1 is 0.818 bits per heavy atom. The van der Waals surface area contributed by atoms with Crippen molar-refractivity contribution in [1.29, 1.82) is 0 Å². The van der Waals surface area contributed by atoms with E-state index >= 15 is 0 Å². The van der Waals surface area contributed by atoms with E-state index in [1.807, 2.05) is 41.5 Å². The summed E-state index contributed by atoms with van der Waals surface area (Å²) in [5.74, 6) is 0.104. The molecule has 0 heterocycles. The third kappa shape index (κ3) is 12.4.